The van der Waals surface area contributed by atoms with Gasteiger partial charge in [-0.05, 0) is 44.7 Å². The topological polar surface area (TPSA) is 82.1 Å². The number of aliphatic hydroxyl groups excluding tert-OH is 1. The molecular weight excluding hydrogens is 406 g/mol. The van der Waals surface area contributed by atoms with Crippen LogP contribution < -0.4 is 5.32 Å². The second kappa shape index (κ2) is 9.24. The smallest absolute Gasteiger partial charge is 0.317 e. The number of urea groups is 1. The highest BCUT2D eigenvalue weighted by Gasteiger charge is 2.68. The highest BCUT2D eigenvalue weighted by atomic mass is 16.5. The van der Waals surface area contributed by atoms with Gasteiger partial charge >= 0.3 is 6.03 Å². The zero-order valence-electron chi connectivity index (χ0n) is 19.3. The summed E-state index contributed by atoms with van der Waals surface area (Å²) in [5.41, 5.74) is 1.77. The maximum Gasteiger partial charge on any atom is 0.317 e. The minimum atomic E-state index is -0.459. The van der Waals surface area contributed by atoms with Gasteiger partial charge in [0.1, 0.15) is 0 Å². The number of aliphatic hydroxyl groups is 1. The van der Waals surface area contributed by atoms with Crippen LogP contribution in [-0.2, 0) is 9.53 Å². The number of hydrogen-bond donors (Lipinski definition) is 2. The third-order valence-corrected chi connectivity index (χ3v) is 7.05. The van der Waals surface area contributed by atoms with Crippen LogP contribution in [0.25, 0.3) is 6.08 Å². The molecule has 3 amide bonds. The zero-order chi connectivity index (χ0) is 22.9. The molecule has 0 aromatic heterocycles. The second-order valence-corrected chi connectivity index (χ2v) is 9.55. The van der Waals surface area contributed by atoms with E-state index in [1.807, 2.05) is 37.8 Å². The monoisotopic (exact) mass is 441 g/mol. The Morgan fingerprint density at radius 1 is 1.22 bits per heavy atom. The molecule has 7 nitrogen and oxygen atoms in total. The molecule has 3 aliphatic rings. The lowest BCUT2D eigenvalue weighted by Gasteiger charge is -2.70. The number of nitrogens with zero attached hydrogens (tertiary/aromatic N) is 2. The van der Waals surface area contributed by atoms with Crippen LogP contribution in [0.5, 0.6) is 0 Å². The van der Waals surface area contributed by atoms with Crippen molar-refractivity contribution >= 4 is 18.0 Å². The van der Waals surface area contributed by atoms with E-state index < -0.39 is 5.54 Å². The summed E-state index contributed by atoms with van der Waals surface area (Å²) in [4.78, 5) is 29.8. The van der Waals surface area contributed by atoms with Crippen molar-refractivity contribution in [3.05, 3.63) is 41.5 Å². The van der Waals surface area contributed by atoms with Gasteiger partial charge in [0.2, 0.25) is 5.91 Å². The first-order valence-corrected chi connectivity index (χ1v) is 11.7. The molecule has 32 heavy (non-hydrogen) atoms. The summed E-state index contributed by atoms with van der Waals surface area (Å²) in [5.74, 6) is 0.0170. The fourth-order valence-corrected chi connectivity index (χ4v) is 5.60. The van der Waals surface area contributed by atoms with Gasteiger partial charge in [0.05, 0.1) is 18.2 Å². The van der Waals surface area contributed by atoms with Crippen LogP contribution in [-0.4, -0.2) is 77.4 Å². The summed E-state index contributed by atoms with van der Waals surface area (Å²) >= 11 is 0. The van der Waals surface area contributed by atoms with Crippen molar-refractivity contribution in [3.8, 4) is 0 Å². The van der Waals surface area contributed by atoms with Crippen molar-refractivity contribution < 1.29 is 19.4 Å². The molecule has 2 N–H and O–H groups in total. The number of carbonyl (C=O) groups excluding carboxylic acids is 2. The third kappa shape index (κ3) is 3.92. The van der Waals surface area contributed by atoms with Gasteiger partial charge in [0.15, 0.2) is 0 Å². The van der Waals surface area contributed by atoms with Crippen LogP contribution in [0.2, 0.25) is 0 Å². The molecular formula is C25H35N3O4. The fourth-order valence-electron chi connectivity index (χ4n) is 5.60. The number of ether oxygens (including phenoxy) is 1. The van der Waals surface area contributed by atoms with E-state index in [2.05, 4.69) is 29.6 Å². The number of amides is 3. The van der Waals surface area contributed by atoms with Gasteiger partial charge in [-0.25, -0.2) is 4.79 Å². The Morgan fingerprint density at radius 3 is 2.44 bits per heavy atom. The second-order valence-electron chi connectivity index (χ2n) is 9.55. The molecule has 7 heteroatoms. The van der Waals surface area contributed by atoms with E-state index in [-0.39, 0.29) is 42.5 Å². The molecule has 3 aliphatic heterocycles. The van der Waals surface area contributed by atoms with Gasteiger partial charge in [0, 0.05) is 44.2 Å². The SMILES string of the molecule is CC=Cc1ccc([C@@H]2[C@@H](CO)N(C(=O)C3CCOCC3)C23CN(C(=O)NC(C)C)C3)cc1. The molecule has 0 radical (unpaired) electrons. The van der Waals surface area contributed by atoms with E-state index in [4.69, 9.17) is 4.74 Å². The lowest BCUT2D eigenvalue weighted by molar-refractivity contribution is -0.198. The minimum absolute atomic E-state index is 0.000883. The maximum absolute atomic E-state index is 13.6. The molecule has 0 bridgehead atoms. The quantitative estimate of drug-likeness (QED) is 0.736. The number of benzene rings is 1. The normalized spacial score (nSPS) is 25.2. The molecule has 0 unspecified atom stereocenters. The van der Waals surface area contributed by atoms with E-state index >= 15 is 0 Å². The Kier molecular flexibility index (Phi) is 6.58. The van der Waals surface area contributed by atoms with Gasteiger partial charge in [0.25, 0.3) is 0 Å². The molecule has 3 heterocycles. The molecule has 1 aromatic carbocycles. The highest BCUT2D eigenvalue weighted by Crippen LogP contribution is 2.54. The molecule has 1 aromatic rings. The summed E-state index contributed by atoms with van der Waals surface area (Å²) in [6, 6.07) is 8.02. The van der Waals surface area contributed by atoms with Gasteiger partial charge in [-0.2, -0.15) is 0 Å². The first-order chi connectivity index (χ1) is 15.4. The Bertz CT molecular complexity index is 854. The number of carbonyl (C=O) groups is 2. The van der Waals surface area contributed by atoms with E-state index in [9.17, 15) is 14.7 Å². The van der Waals surface area contributed by atoms with E-state index in [1.54, 1.807) is 4.90 Å². The van der Waals surface area contributed by atoms with Gasteiger partial charge in [-0.3, -0.25) is 4.79 Å². The van der Waals surface area contributed by atoms with E-state index in [0.29, 0.717) is 39.1 Å². The van der Waals surface area contributed by atoms with Crippen LogP contribution >= 0.6 is 0 Å². The van der Waals surface area contributed by atoms with Crippen LogP contribution in [0.3, 0.4) is 0 Å². The summed E-state index contributed by atoms with van der Waals surface area (Å²) in [6.07, 6.45) is 5.47. The number of likely N-dealkylation sites (tertiary alicyclic amines) is 2. The average Bonchev–Trinajstić information content (AvgIpc) is 2.74. The van der Waals surface area contributed by atoms with E-state index in [1.165, 1.54) is 0 Å². The first kappa shape index (κ1) is 22.8. The van der Waals surface area contributed by atoms with Crippen LogP contribution in [0.1, 0.15) is 50.7 Å². The predicted molar refractivity (Wildman–Crippen MR) is 123 cm³/mol. The Hall–Kier alpha value is -2.38. The van der Waals surface area contributed by atoms with Gasteiger partial charge < -0.3 is 25.0 Å². The van der Waals surface area contributed by atoms with E-state index in [0.717, 1.165) is 11.1 Å². The molecule has 3 fully saturated rings. The molecule has 0 aliphatic carbocycles. The van der Waals surface area contributed by atoms with Crippen LogP contribution in [0.4, 0.5) is 4.79 Å². The summed E-state index contributed by atoms with van der Waals surface area (Å²) in [5, 5.41) is 13.2. The van der Waals surface area contributed by atoms with Crippen molar-refractivity contribution in [3.63, 3.8) is 0 Å². The van der Waals surface area contributed by atoms with Crippen LogP contribution in [0.15, 0.2) is 30.3 Å². The van der Waals surface area contributed by atoms with Crippen molar-refractivity contribution in [2.24, 2.45) is 5.92 Å². The number of rotatable bonds is 5. The van der Waals surface area contributed by atoms with Gasteiger partial charge in [-0.1, -0.05) is 36.4 Å². The molecule has 1 spiro atoms. The summed E-state index contributed by atoms with van der Waals surface area (Å²) in [6.45, 7) is 7.94. The molecule has 4 rings (SSSR count). The first-order valence-electron chi connectivity index (χ1n) is 11.7. The minimum Gasteiger partial charge on any atom is -0.394 e. The largest absolute Gasteiger partial charge is 0.394 e. The van der Waals surface area contributed by atoms with Crippen molar-refractivity contribution in [2.75, 3.05) is 32.9 Å². The molecule has 3 saturated heterocycles. The average molecular weight is 442 g/mol. The van der Waals surface area contributed by atoms with Crippen LogP contribution in [0, 0.1) is 5.92 Å². The van der Waals surface area contributed by atoms with Crippen molar-refractivity contribution in [1.29, 1.82) is 0 Å². The maximum atomic E-state index is 13.6. The Labute approximate surface area is 190 Å². The molecule has 174 valence electrons. The zero-order valence-corrected chi connectivity index (χ0v) is 19.3. The molecule has 0 saturated carbocycles. The predicted octanol–water partition coefficient (Wildman–Crippen LogP) is 2.61. The van der Waals surface area contributed by atoms with Gasteiger partial charge in [-0.15, -0.1) is 0 Å². The Morgan fingerprint density at radius 2 is 1.88 bits per heavy atom. The van der Waals surface area contributed by atoms with Crippen molar-refractivity contribution in [1.82, 2.24) is 15.1 Å². The fraction of sp³-hybridized carbons (Fsp3) is 0.600. The Balaban J connectivity index is 1.61. The number of nitrogens with one attached hydrogen (secondary N) is 1. The highest BCUT2D eigenvalue weighted by molar-refractivity contribution is 5.84. The molecule has 2 atom stereocenters. The number of hydrogen-bond acceptors (Lipinski definition) is 4. The van der Waals surface area contributed by atoms with Crippen molar-refractivity contribution in [2.45, 2.75) is 57.2 Å². The standard InChI is InChI=1S/C25H35N3O4/c1-4-5-18-6-8-19(9-7-18)22-21(14-29)28(23(30)20-10-12-32-13-11-20)25(22)15-27(16-25)24(31)26-17(2)3/h4-9,17,20-22,29H,10-16H2,1-3H3,(H,26,31)/t21-,22-/m1/s1. The summed E-state index contributed by atoms with van der Waals surface area (Å²) < 4.78 is 5.45. The summed E-state index contributed by atoms with van der Waals surface area (Å²) in [7, 11) is 0. The lowest BCUT2D eigenvalue weighted by Crippen LogP contribution is -2.86. The number of allylic oxidation sites excluding steroid dienone is 1. The lowest BCUT2D eigenvalue weighted by atomic mass is 9.60. The third-order valence-electron chi connectivity index (χ3n) is 7.05.